The Morgan fingerprint density at radius 1 is 0.472 bits per heavy atom. The highest BCUT2D eigenvalue weighted by Gasteiger charge is 2.16. The van der Waals surface area contributed by atoms with E-state index in [9.17, 15) is 0 Å². The molecule has 5 heteroatoms. The molecule has 36 heavy (non-hydrogen) atoms. The van der Waals surface area contributed by atoms with E-state index in [2.05, 4.69) is 105 Å². The Kier molecular flexibility index (Phi) is 3.88. The van der Waals surface area contributed by atoms with Gasteiger partial charge in [0, 0.05) is 28.7 Å². The van der Waals surface area contributed by atoms with Crippen LogP contribution in [0.25, 0.3) is 66.3 Å². The molecule has 5 nitrogen and oxygen atoms in total. The molecule has 0 saturated carbocycles. The maximum atomic E-state index is 5.16. The van der Waals surface area contributed by atoms with Gasteiger partial charge in [0.05, 0.1) is 33.1 Å². The number of aromatic nitrogens is 5. The molecule has 0 fully saturated rings. The van der Waals surface area contributed by atoms with E-state index in [0.717, 1.165) is 66.3 Å². The van der Waals surface area contributed by atoms with E-state index in [-0.39, 0.29) is 0 Å². The summed E-state index contributed by atoms with van der Waals surface area (Å²) in [6.45, 7) is 0. The number of benzene rings is 4. The number of hydrogen-bond acceptors (Lipinski definition) is 3. The number of para-hydroxylation sites is 4. The topological polar surface area (TPSA) is 47.5 Å². The van der Waals surface area contributed by atoms with Crippen LogP contribution in [0, 0.1) is 0 Å². The van der Waals surface area contributed by atoms with Crippen molar-refractivity contribution in [3.63, 3.8) is 0 Å². The van der Waals surface area contributed by atoms with Crippen LogP contribution in [0.1, 0.15) is 0 Å². The van der Waals surface area contributed by atoms with Gasteiger partial charge >= 0.3 is 0 Å². The Hall–Kier alpha value is -5.03. The van der Waals surface area contributed by atoms with Crippen molar-refractivity contribution >= 4 is 55.2 Å². The molecule has 0 bridgehead atoms. The molecule has 8 rings (SSSR count). The third-order valence-electron chi connectivity index (χ3n) is 6.99. The van der Waals surface area contributed by atoms with E-state index in [4.69, 9.17) is 9.97 Å². The molecule has 0 radical (unpaired) electrons. The highest BCUT2D eigenvalue weighted by atomic mass is 15.1. The Morgan fingerprint density at radius 2 is 1.08 bits per heavy atom. The monoisotopic (exact) mass is 461 g/mol. The average Bonchev–Trinajstić information content (AvgIpc) is 3.51. The van der Waals surface area contributed by atoms with Crippen LogP contribution in [0.4, 0.5) is 0 Å². The lowest BCUT2D eigenvalue weighted by atomic mass is 10.1. The molecule has 8 aromatic rings. The predicted molar refractivity (Wildman–Crippen MR) is 146 cm³/mol. The number of nitrogens with zero attached hydrogens (tertiary/aromatic N) is 5. The van der Waals surface area contributed by atoms with Crippen molar-refractivity contribution < 1.29 is 0 Å². The van der Waals surface area contributed by atoms with Crippen LogP contribution in [0.5, 0.6) is 0 Å². The SMILES string of the molecule is c1cncc(-c2ccc3nc4c5nc6ccccc6n5c5ccccc5c5ccccc5n4c3c2)c1. The van der Waals surface area contributed by atoms with Crippen molar-refractivity contribution in [2.75, 3.05) is 0 Å². The van der Waals surface area contributed by atoms with Gasteiger partial charge in [0.2, 0.25) is 0 Å². The molecule has 0 aliphatic rings. The Bertz CT molecular complexity index is 2150. The number of rotatable bonds is 1. The minimum Gasteiger partial charge on any atom is -0.289 e. The largest absolute Gasteiger partial charge is 0.289 e. The van der Waals surface area contributed by atoms with Gasteiger partial charge in [-0.1, -0.05) is 60.7 Å². The Balaban J connectivity index is 1.70. The molecule has 0 unspecified atom stereocenters. The van der Waals surface area contributed by atoms with Gasteiger partial charge < -0.3 is 0 Å². The van der Waals surface area contributed by atoms with Crippen LogP contribution in [0.2, 0.25) is 0 Å². The zero-order valence-corrected chi connectivity index (χ0v) is 19.2. The molecule has 0 spiro atoms. The second kappa shape index (κ2) is 7.23. The fraction of sp³-hybridized carbons (Fsp3) is 0. The number of fused-ring (bicyclic) bond motifs is 12. The fourth-order valence-corrected chi connectivity index (χ4v) is 5.39. The van der Waals surface area contributed by atoms with Crippen molar-refractivity contribution in [1.82, 2.24) is 23.8 Å². The van der Waals surface area contributed by atoms with Gasteiger partial charge in [-0.3, -0.25) is 13.8 Å². The normalized spacial score (nSPS) is 11.9. The standard InChI is InChI=1S/C31H19N5/c1-4-12-26-22(9-1)23-10-2-5-13-27(23)36-29-18-20(21-8-7-17-32-19-21)15-16-25(29)34-31(36)30-33-24-11-3-6-14-28(24)35(26)30/h1-19H. The molecule has 0 aliphatic carbocycles. The Morgan fingerprint density at radius 3 is 1.78 bits per heavy atom. The summed E-state index contributed by atoms with van der Waals surface area (Å²) in [6.07, 6.45) is 3.70. The first kappa shape index (κ1) is 19.3. The quantitative estimate of drug-likeness (QED) is 0.259. The van der Waals surface area contributed by atoms with E-state index in [1.165, 1.54) is 0 Å². The van der Waals surface area contributed by atoms with Gasteiger partial charge in [-0.25, -0.2) is 9.97 Å². The molecule has 0 saturated heterocycles. The van der Waals surface area contributed by atoms with Crippen molar-refractivity contribution in [3.05, 3.63) is 116 Å². The van der Waals surface area contributed by atoms with E-state index in [1.54, 1.807) is 6.20 Å². The summed E-state index contributed by atoms with van der Waals surface area (Å²) in [5, 5.41) is 2.32. The molecule has 0 atom stereocenters. The lowest BCUT2D eigenvalue weighted by Gasteiger charge is -2.08. The van der Waals surface area contributed by atoms with Crippen LogP contribution in [-0.2, 0) is 0 Å². The van der Waals surface area contributed by atoms with Crippen LogP contribution < -0.4 is 0 Å². The van der Waals surface area contributed by atoms with Crippen LogP contribution in [0.15, 0.2) is 116 Å². The zero-order chi connectivity index (χ0) is 23.6. The first-order valence-corrected chi connectivity index (χ1v) is 12.0. The minimum atomic E-state index is 0.825. The molecule has 4 heterocycles. The number of hydrogen-bond donors (Lipinski definition) is 0. The van der Waals surface area contributed by atoms with E-state index in [0.29, 0.717) is 0 Å². The highest BCUT2D eigenvalue weighted by Crippen LogP contribution is 2.32. The van der Waals surface area contributed by atoms with E-state index in [1.807, 2.05) is 18.3 Å². The number of pyridine rings is 1. The van der Waals surface area contributed by atoms with Gasteiger partial charge in [-0.05, 0) is 48.0 Å². The summed E-state index contributed by atoms with van der Waals surface area (Å²) < 4.78 is 4.51. The second-order valence-electron chi connectivity index (χ2n) is 9.01. The summed E-state index contributed by atoms with van der Waals surface area (Å²) in [6, 6.07) is 35.9. The summed E-state index contributed by atoms with van der Waals surface area (Å²) in [5.74, 6) is 0. The highest BCUT2D eigenvalue weighted by molar-refractivity contribution is 6.08. The van der Waals surface area contributed by atoms with Crippen LogP contribution in [0.3, 0.4) is 0 Å². The van der Waals surface area contributed by atoms with Crippen molar-refractivity contribution in [3.8, 4) is 11.1 Å². The average molecular weight is 462 g/mol. The lowest BCUT2D eigenvalue weighted by molar-refractivity contribution is 1.24. The van der Waals surface area contributed by atoms with Gasteiger partial charge in [-0.2, -0.15) is 0 Å². The van der Waals surface area contributed by atoms with Gasteiger partial charge in [-0.15, -0.1) is 0 Å². The minimum absolute atomic E-state index is 0.825. The van der Waals surface area contributed by atoms with Gasteiger partial charge in [0.1, 0.15) is 0 Å². The maximum Gasteiger partial charge on any atom is 0.182 e. The molecule has 168 valence electrons. The maximum absolute atomic E-state index is 5.16. The summed E-state index contributed by atoms with van der Waals surface area (Å²) >= 11 is 0. The van der Waals surface area contributed by atoms with Gasteiger partial charge in [0.25, 0.3) is 0 Å². The predicted octanol–water partition coefficient (Wildman–Crippen LogP) is 7.22. The van der Waals surface area contributed by atoms with Crippen molar-refractivity contribution in [1.29, 1.82) is 0 Å². The third-order valence-corrected chi connectivity index (χ3v) is 6.99. The molecule has 4 aromatic heterocycles. The first-order chi connectivity index (χ1) is 17.9. The summed E-state index contributed by atoms with van der Waals surface area (Å²) in [7, 11) is 0. The smallest absolute Gasteiger partial charge is 0.182 e. The second-order valence-corrected chi connectivity index (χ2v) is 9.01. The van der Waals surface area contributed by atoms with Crippen molar-refractivity contribution in [2.24, 2.45) is 0 Å². The summed E-state index contributed by atoms with van der Waals surface area (Å²) in [5.41, 5.74) is 10.00. The zero-order valence-electron chi connectivity index (χ0n) is 19.2. The van der Waals surface area contributed by atoms with E-state index < -0.39 is 0 Å². The molecular formula is C31H19N5. The lowest BCUT2D eigenvalue weighted by Crippen LogP contribution is -1.94. The first-order valence-electron chi connectivity index (χ1n) is 12.0. The molecule has 0 aliphatic heterocycles. The molecule has 0 N–H and O–H groups in total. The molecular weight excluding hydrogens is 442 g/mol. The van der Waals surface area contributed by atoms with Gasteiger partial charge in [0.15, 0.2) is 11.3 Å². The molecule has 4 aromatic carbocycles. The number of imidazole rings is 2. The van der Waals surface area contributed by atoms with Crippen molar-refractivity contribution in [2.45, 2.75) is 0 Å². The summed E-state index contributed by atoms with van der Waals surface area (Å²) in [4.78, 5) is 14.6. The Labute approximate surface area is 205 Å². The third kappa shape index (κ3) is 2.62. The molecule has 0 amide bonds. The van der Waals surface area contributed by atoms with E-state index >= 15 is 0 Å². The van der Waals surface area contributed by atoms with Crippen LogP contribution in [-0.4, -0.2) is 23.8 Å². The fourth-order valence-electron chi connectivity index (χ4n) is 5.39. The van der Waals surface area contributed by atoms with Crippen LogP contribution >= 0.6 is 0 Å².